The van der Waals surface area contributed by atoms with Crippen LogP contribution in [0.15, 0.2) is 30.0 Å². The number of nitrogens with zero attached hydrogens (tertiary/aromatic N) is 7. The van der Waals surface area contributed by atoms with E-state index in [0.29, 0.717) is 32.7 Å². The largest absolute Gasteiger partial charge is 0.416 e. The van der Waals surface area contributed by atoms with E-state index >= 15 is 0 Å². The standard InChI is InChI=1S/C11H26NOSi2.C11H27NOSi2.5C9H19N/c1-7-12-9-8-10(12)15(5,6)13-11(2,3)14-4;1-7-12-9-8-10-15(5,6)13-11(2,3)14-4;5*1-5-10-8-6-7-9(2,3)4/h7,10H,8-9,14H2,1-6H3;7H,8-10,14H2,1-6H3;5*5H,6-8H2,1-4H3/q+1;;;;;;. The lowest BCUT2D eigenvalue weighted by Gasteiger charge is -2.40. The highest BCUT2D eigenvalue weighted by molar-refractivity contribution is 6.73. The van der Waals surface area contributed by atoms with Crippen LogP contribution in [0.4, 0.5) is 0 Å². The molecule has 1 atom stereocenters. The van der Waals surface area contributed by atoms with E-state index in [0.717, 1.165) is 39.3 Å². The fourth-order valence-corrected chi connectivity index (χ4v) is 17.6. The van der Waals surface area contributed by atoms with Crippen LogP contribution < -0.4 is 0 Å². The first-order valence-corrected chi connectivity index (χ1v) is 42.4. The summed E-state index contributed by atoms with van der Waals surface area (Å²) in [5.74, 6) is 0. The molecule has 0 spiro atoms. The Morgan fingerprint density at radius 1 is 0.400 bits per heavy atom. The van der Waals surface area contributed by atoms with Gasteiger partial charge in [0.05, 0.1) is 25.5 Å². The minimum absolute atomic E-state index is 0.0879. The molecule has 1 heterocycles. The molecule has 0 saturated carbocycles. The van der Waals surface area contributed by atoms with Gasteiger partial charge in [0.25, 0.3) is 8.32 Å². The van der Waals surface area contributed by atoms with Gasteiger partial charge in [-0.3, -0.25) is 30.0 Å². The minimum atomic E-state index is -1.53. The first-order chi connectivity index (χ1) is 36.5. The second-order valence-electron chi connectivity index (χ2n) is 30.0. The Kier molecular flexibility index (Phi) is 55.7. The fourth-order valence-electron chi connectivity index (χ4n) is 8.06. The third-order valence-corrected chi connectivity index (χ3v) is 23.5. The Morgan fingerprint density at radius 2 is 0.637 bits per heavy atom. The van der Waals surface area contributed by atoms with Crippen LogP contribution in [-0.2, 0) is 8.85 Å². The Bertz CT molecular complexity index is 1450. The van der Waals surface area contributed by atoms with Crippen molar-refractivity contribution in [3.8, 4) is 0 Å². The van der Waals surface area contributed by atoms with Crippen molar-refractivity contribution in [3.05, 3.63) is 0 Å². The van der Waals surface area contributed by atoms with Crippen LogP contribution in [0.25, 0.3) is 0 Å². The summed E-state index contributed by atoms with van der Waals surface area (Å²) in [5.41, 5.74) is 3.09. The van der Waals surface area contributed by atoms with Gasteiger partial charge in [0.1, 0.15) is 12.8 Å². The summed E-state index contributed by atoms with van der Waals surface area (Å²) in [5, 5.41) is 0.370. The highest BCUT2D eigenvalue weighted by atomic mass is 28.4. The quantitative estimate of drug-likeness (QED) is 0.0373. The van der Waals surface area contributed by atoms with E-state index in [1.54, 1.807) is 0 Å². The van der Waals surface area contributed by atoms with Gasteiger partial charge in [0, 0.05) is 56.6 Å². The van der Waals surface area contributed by atoms with Gasteiger partial charge in [-0.1, -0.05) is 117 Å². The van der Waals surface area contributed by atoms with Crippen molar-refractivity contribution < 1.29 is 13.4 Å². The molecule has 1 rings (SSSR count). The van der Waals surface area contributed by atoms with Crippen molar-refractivity contribution in [2.75, 3.05) is 45.8 Å². The Morgan fingerprint density at radius 3 is 0.825 bits per heavy atom. The van der Waals surface area contributed by atoms with Crippen LogP contribution in [0.5, 0.6) is 0 Å². The topological polar surface area (TPSA) is 95.6 Å². The summed E-state index contributed by atoms with van der Waals surface area (Å²) in [6.07, 6.45) is 28.4. The number of rotatable bonds is 26. The molecule has 1 aliphatic heterocycles. The van der Waals surface area contributed by atoms with Crippen LogP contribution >= 0.6 is 0 Å². The van der Waals surface area contributed by atoms with E-state index in [9.17, 15) is 0 Å². The van der Waals surface area contributed by atoms with Crippen LogP contribution in [0, 0.1) is 27.1 Å². The second kappa shape index (κ2) is 49.7. The summed E-state index contributed by atoms with van der Waals surface area (Å²) < 4.78 is 15.2. The van der Waals surface area contributed by atoms with Crippen LogP contribution in [0.2, 0.25) is 45.3 Å². The lowest BCUT2D eigenvalue weighted by molar-refractivity contribution is -0.603. The Hall–Kier alpha value is -1.52. The molecular formula is C67H148N7O2Si4+. The van der Waals surface area contributed by atoms with Gasteiger partial charge in [-0.2, -0.15) is 0 Å². The number of hydrogen-bond donors (Lipinski definition) is 0. The first kappa shape index (κ1) is 89.7. The lowest BCUT2D eigenvalue weighted by Crippen LogP contribution is -2.61. The van der Waals surface area contributed by atoms with Crippen LogP contribution in [-0.4, -0.2) is 146 Å². The molecule has 0 amide bonds. The molecule has 0 radical (unpaired) electrons. The van der Waals surface area contributed by atoms with Crippen molar-refractivity contribution in [1.29, 1.82) is 0 Å². The molecule has 1 unspecified atom stereocenters. The maximum absolute atomic E-state index is 6.45. The molecule has 0 bridgehead atoms. The smallest absolute Gasteiger partial charge is 0.262 e. The van der Waals surface area contributed by atoms with E-state index in [2.05, 4.69) is 219 Å². The normalized spacial score (nSPS) is 15.7. The molecule has 478 valence electrons. The molecular weight excluding hydrogens is 1050 g/mol. The van der Waals surface area contributed by atoms with Crippen molar-refractivity contribution in [2.45, 2.75) is 319 Å². The van der Waals surface area contributed by atoms with Crippen molar-refractivity contribution in [3.63, 3.8) is 0 Å². The second-order valence-corrected chi connectivity index (χ2v) is 43.1. The predicted molar refractivity (Wildman–Crippen MR) is 386 cm³/mol. The predicted octanol–water partition coefficient (Wildman–Crippen LogP) is 18.7. The molecule has 80 heavy (non-hydrogen) atoms. The maximum Gasteiger partial charge on any atom is 0.262 e. The summed E-state index contributed by atoms with van der Waals surface area (Å²) in [6.45, 7) is 78.2. The third kappa shape index (κ3) is 76.5. The zero-order valence-corrected chi connectivity index (χ0v) is 65.5. The van der Waals surface area contributed by atoms with Gasteiger partial charge in [-0.15, -0.1) is 0 Å². The monoisotopic (exact) mass is 1200 g/mol. The highest BCUT2D eigenvalue weighted by Gasteiger charge is 2.50. The molecule has 0 aromatic rings. The summed E-state index contributed by atoms with van der Waals surface area (Å²) in [6, 6.07) is 1.22. The van der Waals surface area contributed by atoms with Crippen molar-refractivity contribution in [2.24, 2.45) is 57.0 Å². The number of aliphatic imine (C=N–C) groups is 6. The molecule has 13 heteroatoms. The first-order valence-electron chi connectivity index (χ1n) is 32.1. The molecule has 9 nitrogen and oxygen atoms in total. The summed E-state index contributed by atoms with van der Waals surface area (Å²) >= 11 is 0. The van der Waals surface area contributed by atoms with Gasteiger partial charge in [-0.05, 0) is 236 Å². The Balaban J connectivity index is -0.000000201. The third-order valence-electron chi connectivity index (χ3n) is 13.2. The van der Waals surface area contributed by atoms with Crippen molar-refractivity contribution >= 4 is 79.2 Å². The molecule has 1 saturated heterocycles. The zero-order chi connectivity index (χ0) is 63.8. The van der Waals surface area contributed by atoms with E-state index in [1.165, 1.54) is 89.6 Å². The van der Waals surface area contributed by atoms with Gasteiger partial charge in [-0.25, -0.2) is 4.58 Å². The van der Waals surface area contributed by atoms with Gasteiger partial charge < -0.3 is 8.85 Å². The molecule has 1 aliphatic rings. The van der Waals surface area contributed by atoms with E-state index in [4.69, 9.17) is 8.85 Å². The van der Waals surface area contributed by atoms with Crippen LogP contribution in [0.3, 0.4) is 0 Å². The SMILES string of the molecule is CC=NCCCC(C)(C)C.CC=NCCCC(C)(C)C.CC=NCCCC(C)(C)C.CC=NCCCC(C)(C)C.CC=NCCCC(C)(C)C.CC=NCCC[Si](C)(C)OC(C)(C)[SiH2]C.CC=[N+]1CCC1[Si](C)(C)OC(C)(C)[SiH2]C. The lowest BCUT2D eigenvalue weighted by atomic mass is 9.91. The van der Waals surface area contributed by atoms with Crippen LogP contribution in [0.1, 0.15) is 257 Å². The molecule has 0 N–H and O–H groups in total. The molecule has 1 fully saturated rings. The Labute approximate surface area is 511 Å². The minimum Gasteiger partial charge on any atom is -0.416 e. The van der Waals surface area contributed by atoms with E-state index < -0.39 is 16.6 Å². The van der Waals surface area contributed by atoms with Crippen molar-refractivity contribution in [1.82, 2.24) is 0 Å². The molecule has 0 aromatic heterocycles. The van der Waals surface area contributed by atoms with Gasteiger partial charge >= 0.3 is 0 Å². The summed E-state index contributed by atoms with van der Waals surface area (Å²) in [7, 11) is -3.16. The maximum atomic E-state index is 6.45. The average Bonchev–Trinajstić information content (AvgIpc) is 3.29. The molecule has 0 aliphatic carbocycles. The highest BCUT2D eigenvalue weighted by Crippen LogP contribution is 2.28. The van der Waals surface area contributed by atoms with E-state index in [1.807, 2.05) is 78.8 Å². The number of hydrogen-bond acceptors (Lipinski definition) is 8. The van der Waals surface area contributed by atoms with Gasteiger partial charge in [0.2, 0.25) is 0 Å². The van der Waals surface area contributed by atoms with Gasteiger partial charge in [0.15, 0.2) is 14.0 Å². The summed E-state index contributed by atoms with van der Waals surface area (Å²) in [4.78, 5) is 25.0. The fraction of sp³-hybridized carbons (Fsp3) is 0.896. The zero-order valence-electron chi connectivity index (χ0n) is 60.6. The van der Waals surface area contributed by atoms with E-state index in [-0.39, 0.29) is 29.5 Å². The average molecular weight is 1200 g/mol. The molecule has 0 aromatic carbocycles.